The molecule has 0 radical (unpaired) electrons. The number of nitrogens with zero attached hydrogens (tertiary/aromatic N) is 1. The van der Waals surface area contributed by atoms with Crippen LogP contribution in [0.25, 0.3) is 0 Å². The molecule has 17 heavy (non-hydrogen) atoms. The number of nitrogens with two attached hydrogens (primary N) is 1. The third-order valence-corrected chi connectivity index (χ3v) is 2.80. The molecular formula is C13H21FN2O. The van der Waals surface area contributed by atoms with E-state index in [0.717, 1.165) is 5.69 Å². The van der Waals surface area contributed by atoms with Gasteiger partial charge in [-0.3, -0.25) is 0 Å². The molecule has 0 fully saturated rings. The Hall–Kier alpha value is -1.29. The van der Waals surface area contributed by atoms with Crippen LogP contribution in [0, 0.1) is 12.7 Å². The lowest BCUT2D eigenvalue weighted by Gasteiger charge is -2.30. The molecule has 0 bridgehead atoms. The maximum Gasteiger partial charge on any atom is 0.128 e. The van der Waals surface area contributed by atoms with Crippen LogP contribution in [0.1, 0.15) is 25.8 Å². The zero-order valence-corrected chi connectivity index (χ0v) is 10.7. The highest BCUT2D eigenvalue weighted by molar-refractivity contribution is 5.69. The second-order valence-corrected chi connectivity index (χ2v) is 4.52. The Morgan fingerprint density at radius 1 is 1.41 bits per heavy atom. The maximum absolute atomic E-state index is 13.3. The zero-order valence-electron chi connectivity index (χ0n) is 10.7. The Morgan fingerprint density at radius 2 is 2.06 bits per heavy atom. The van der Waals surface area contributed by atoms with Gasteiger partial charge in [0.05, 0.1) is 11.4 Å². The molecule has 4 heteroatoms. The number of aliphatic hydroxyl groups excluding tert-OH is 1. The fourth-order valence-electron chi connectivity index (χ4n) is 1.83. The second kappa shape index (κ2) is 5.87. The van der Waals surface area contributed by atoms with E-state index in [1.54, 1.807) is 13.0 Å². The minimum Gasteiger partial charge on any atom is -0.397 e. The summed E-state index contributed by atoms with van der Waals surface area (Å²) in [4.78, 5) is 2.08. The summed E-state index contributed by atoms with van der Waals surface area (Å²) in [6.07, 6.45) is 0.675. The number of aryl methyl sites for hydroxylation is 1. The van der Waals surface area contributed by atoms with E-state index in [4.69, 9.17) is 10.8 Å². The van der Waals surface area contributed by atoms with E-state index in [1.165, 1.54) is 6.07 Å². The lowest BCUT2D eigenvalue weighted by atomic mass is 10.1. The summed E-state index contributed by atoms with van der Waals surface area (Å²) >= 11 is 0. The summed E-state index contributed by atoms with van der Waals surface area (Å²) < 4.78 is 13.3. The zero-order chi connectivity index (χ0) is 13.0. The molecule has 0 aliphatic rings. The fraction of sp³-hybridized carbons (Fsp3) is 0.538. The average molecular weight is 240 g/mol. The standard InChI is InChI=1S/C13H21FN2O/c1-9(2)16(5-4-6-17)13-7-10(3)11(14)8-12(13)15/h7-9,17H,4-6,15H2,1-3H3. The SMILES string of the molecule is Cc1cc(N(CCCO)C(C)C)c(N)cc1F. The van der Waals surface area contributed by atoms with Crippen molar-refractivity contribution in [3.8, 4) is 0 Å². The van der Waals surface area contributed by atoms with Crippen LogP contribution in [0.2, 0.25) is 0 Å². The molecule has 0 aromatic heterocycles. The summed E-state index contributed by atoms with van der Waals surface area (Å²) in [5.41, 5.74) is 7.73. The van der Waals surface area contributed by atoms with Gasteiger partial charge in [-0.25, -0.2) is 4.39 Å². The van der Waals surface area contributed by atoms with Gasteiger partial charge >= 0.3 is 0 Å². The number of hydrogen-bond acceptors (Lipinski definition) is 3. The number of aliphatic hydroxyl groups is 1. The van der Waals surface area contributed by atoms with Crippen molar-refractivity contribution in [2.45, 2.75) is 33.2 Å². The summed E-state index contributed by atoms with van der Waals surface area (Å²) in [7, 11) is 0. The molecule has 0 aliphatic carbocycles. The summed E-state index contributed by atoms with van der Waals surface area (Å²) in [6.45, 7) is 6.68. The summed E-state index contributed by atoms with van der Waals surface area (Å²) in [5, 5.41) is 8.89. The molecule has 0 saturated carbocycles. The van der Waals surface area contributed by atoms with Crippen LogP contribution in [-0.2, 0) is 0 Å². The van der Waals surface area contributed by atoms with Gasteiger partial charge in [0.25, 0.3) is 0 Å². The minimum atomic E-state index is -0.280. The Labute approximate surface area is 102 Å². The Balaban J connectivity index is 3.05. The van der Waals surface area contributed by atoms with E-state index in [9.17, 15) is 4.39 Å². The third kappa shape index (κ3) is 3.33. The summed E-state index contributed by atoms with van der Waals surface area (Å²) in [6, 6.07) is 3.38. The number of rotatable bonds is 5. The highest BCUT2D eigenvalue weighted by Crippen LogP contribution is 2.28. The van der Waals surface area contributed by atoms with Crippen molar-refractivity contribution < 1.29 is 9.50 Å². The van der Waals surface area contributed by atoms with Gasteiger partial charge < -0.3 is 15.7 Å². The molecular weight excluding hydrogens is 219 g/mol. The van der Waals surface area contributed by atoms with Crippen LogP contribution in [0.3, 0.4) is 0 Å². The Kier molecular flexibility index (Phi) is 4.75. The van der Waals surface area contributed by atoms with Crippen LogP contribution < -0.4 is 10.6 Å². The number of hydrogen-bond donors (Lipinski definition) is 2. The summed E-state index contributed by atoms with van der Waals surface area (Å²) in [5.74, 6) is -0.280. The lowest BCUT2D eigenvalue weighted by Crippen LogP contribution is -2.33. The average Bonchev–Trinajstić information content (AvgIpc) is 2.25. The number of anilines is 2. The molecule has 0 amide bonds. The van der Waals surface area contributed by atoms with E-state index in [-0.39, 0.29) is 18.5 Å². The minimum absolute atomic E-state index is 0.142. The first-order valence-electron chi connectivity index (χ1n) is 5.90. The monoisotopic (exact) mass is 240 g/mol. The van der Waals surface area contributed by atoms with Gasteiger partial charge in [-0.05, 0) is 44.9 Å². The maximum atomic E-state index is 13.3. The molecule has 1 aromatic rings. The van der Waals surface area contributed by atoms with Crippen LogP contribution in [0.5, 0.6) is 0 Å². The highest BCUT2D eigenvalue weighted by Gasteiger charge is 2.14. The number of benzene rings is 1. The van der Waals surface area contributed by atoms with Gasteiger partial charge in [0.15, 0.2) is 0 Å². The quantitative estimate of drug-likeness (QED) is 0.776. The van der Waals surface area contributed by atoms with Crippen LogP contribution in [-0.4, -0.2) is 24.3 Å². The van der Waals surface area contributed by atoms with Gasteiger partial charge in [-0.15, -0.1) is 0 Å². The number of nitrogen functional groups attached to an aromatic ring is 1. The predicted octanol–water partition coefficient (Wildman–Crippen LogP) is 2.31. The van der Waals surface area contributed by atoms with Crippen molar-refractivity contribution >= 4 is 11.4 Å². The molecule has 3 nitrogen and oxygen atoms in total. The van der Waals surface area contributed by atoms with E-state index in [1.807, 2.05) is 0 Å². The molecule has 0 aliphatic heterocycles. The second-order valence-electron chi connectivity index (χ2n) is 4.52. The van der Waals surface area contributed by atoms with Gasteiger partial charge in [-0.1, -0.05) is 0 Å². The first kappa shape index (κ1) is 13.8. The lowest BCUT2D eigenvalue weighted by molar-refractivity contribution is 0.288. The normalized spacial score (nSPS) is 10.9. The van der Waals surface area contributed by atoms with E-state index < -0.39 is 0 Å². The molecule has 0 spiro atoms. The van der Waals surface area contributed by atoms with Crippen LogP contribution in [0.4, 0.5) is 15.8 Å². The molecule has 1 rings (SSSR count). The van der Waals surface area contributed by atoms with E-state index >= 15 is 0 Å². The highest BCUT2D eigenvalue weighted by atomic mass is 19.1. The fourth-order valence-corrected chi connectivity index (χ4v) is 1.83. The van der Waals surface area contributed by atoms with Gasteiger partial charge in [-0.2, -0.15) is 0 Å². The Morgan fingerprint density at radius 3 is 2.59 bits per heavy atom. The van der Waals surface area contributed by atoms with Crippen molar-refractivity contribution in [2.75, 3.05) is 23.8 Å². The molecule has 0 atom stereocenters. The molecule has 0 saturated heterocycles. The van der Waals surface area contributed by atoms with Crippen molar-refractivity contribution in [2.24, 2.45) is 0 Å². The molecule has 96 valence electrons. The van der Waals surface area contributed by atoms with Gasteiger partial charge in [0.1, 0.15) is 5.82 Å². The van der Waals surface area contributed by atoms with Crippen molar-refractivity contribution in [1.82, 2.24) is 0 Å². The molecule has 0 heterocycles. The molecule has 3 N–H and O–H groups in total. The van der Waals surface area contributed by atoms with E-state index in [2.05, 4.69) is 18.7 Å². The topological polar surface area (TPSA) is 49.5 Å². The van der Waals surface area contributed by atoms with Gasteiger partial charge in [0.2, 0.25) is 0 Å². The third-order valence-electron chi connectivity index (χ3n) is 2.80. The van der Waals surface area contributed by atoms with Gasteiger partial charge in [0, 0.05) is 19.2 Å². The first-order chi connectivity index (χ1) is 7.97. The van der Waals surface area contributed by atoms with Crippen LogP contribution >= 0.6 is 0 Å². The van der Waals surface area contributed by atoms with Crippen molar-refractivity contribution in [3.05, 3.63) is 23.5 Å². The van der Waals surface area contributed by atoms with Crippen LogP contribution in [0.15, 0.2) is 12.1 Å². The van der Waals surface area contributed by atoms with Crippen molar-refractivity contribution in [1.29, 1.82) is 0 Å². The van der Waals surface area contributed by atoms with Crippen molar-refractivity contribution in [3.63, 3.8) is 0 Å². The molecule has 0 unspecified atom stereocenters. The molecule has 1 aromatic carbocycles. The van der Waals surface area contributed by atoms with E-state index in [0.29, 0.717) is 24.2 Å². The Bertz CT molecular complexity index is 380. The number of halogens is 1. The largest absolute Gasteiger partial charge is 0.397 e. The smallest absolute Gasteiger partial charge is 0.128 e. The predicted molar refractivity (Wildman–Crippen MR) is 69.7 cm³/mol. The first-order valence-corrected chi connectivity index (χ1v) is 5.90.